The van der Waals surface area contributed by atoms with Gasteiger partial charge < -0.3 is 48.9 Å². The number of aromatic nitrogens is 9. The molecule has 6 aromatic rings. The third-order valence-electron chi connectivity index (χ3n) is 16.8. The van der Waals surface area contributed by atoms with Crippen LogP contribution in [0.2, 0.25) is 0 Å². The number of nitrogens with one attached hydrogen (secondary N) is 3. The van der Waals surface area contributed by atoms with E-state index in [2.05, 4.69) is 86.8 Å². The smallest absolute Gasteiger partial charge is 0.409 e. The zero-order valence-corrected chi connectivity index (χ0v) is 41.5. The Morgan fingerprint density at radius 3 is 1.16 bits per heavy atom. The van der Waals surface area contributed by atoms with Crippen LogP contribution in [0.1, 0.15) is 77.0 Å². The van der Waals surface area contributed by atoms with E-state index in [1.54, 1.807) is 19.0 Å². The van der Waals surface area contributed by atoms with E-state index < -0.39 is 0 Å². The zero-order valence-electron chi connectivity index (χ0n) is 40.7. The van der Waals surface area contributed by atoms with Gasteiger partial charge in [0.15, 0.2) is 0 Å². The number of rotatable bonds is 6. The molecule has 6 aromatic heterocycles. The Balaban J connectivity index is 0.000000129. The molecule has 4 saturated carbocycles. The number of halogens is 1. The summed E-state index contributed by atoms with van der Waals surface area (Å²) < 4.78 is 9.75. The molecule has 19 heteroatoms. The van der Waals surface area contributed by atoms with Crippen LogP contribution in [0.4, 0.5) is 27.0 Å². The van der Waals surface area contributed by atoms with Crippen LogP contribution in [0, 0.1) is 35.5 Å². The third-order valence-corrected chi connectivity index (χ3v) is 16.8. The number of nitrogens with zero attached hydrogens (tertiary/aromatic N) is 11. The maximum Gasteiger partial charge on any atom is 0.409 e. The Labute approximate surface area is 410 Å². The van der Waals surface area contributed by atoms with Gasteiger partial charge >= 0.3 is 12.2 Å². The van der Waals surface area contributed by atoms with Gasteiger partial charge in [-0.1, -0.05) is 25.7 Å². The molecule has 0 bridgehead atoms. The van der Waals surface area contributed by atoms with Crippen molar-refractivity contribution in [2.45, 2.75) is 95.2 Å². The lowest BCUT2D eigenvalue weighted by Gasteiger charge is -2.33. The number of anilines is 3. The van der Waals surface area contributed by atoms with Crippen molar-refractivity contribution >= 4 is 75.1 Å². The average Bonchev–Trinajstić information content (AvgIpc) is 4.25. The van der Waals surface area contributed by atoms with E-state index >= 15 is 0 Å². The molecule has 0 radical (unpaired) electrons. The summed E-state index contributed by atoms with van der Waals surface area (Å²) in [4.78, 5) is 70.1. The SMILES string of the molecule is CN(c1ncnc2[nH]ccc12)C1C[C@H]2CCCC[C@H]2C1.COC(=O)N1CC[C@H]2CC(N(C)c3ncnc4[nH]ccc34)C[C@H]2C1.COC(=O)N1CC[C@H]2CC(N(C)c3ncnc4[nH]ccc34)C[C@H]2C1.Cl. The number of aromatic amines is 3. The normalized spacial score (nSPS) is 26.9. The molecule has 3 unspecified atom stereocenters. The van der Waals surface area contributed by atoms with E-state index in [0.717, 1.165) is 127 Å². The van der Waals surface area contributed by atoms with Crippen molar-refractivity contribution in [1.29, 1.82) is 0 Å². The predicted octanol–water partition coefficient (Wildman–Crippen LogP) is 8.31. The van der Waals surface area contributed by atoms with E-state index in [1.807, 2.05) is 40.5 Å². The number of carbonyl (C=O) groups is 2. The number of methoxy groups -OCH3 is 2. The fourth-order valence-corrected chi connectivity index (χ4v) is 13.1. The molecule has 12 rings (SSSR count). The molecule has 2 saturated heterocycles. The fraction of sp³-hybridized carbons (Fsp3) is 0.600. The predicted molar refractivity (Wildman–Crippen MR) is 270 cm³/mol. The monoisotopic (exact) mass is 965 g/mol. The zero-order chi connectivity index (χ0) is 46.9. The fourth-order valence-electron chi connectivity index (χ4n) is 13.1. The summed E-state index contributed by atoms with van der Waals surface area (Å²) in [5.41, 5.74) is 2.69. The second-order valence-corrected chi connectivity index (χ2v) is 20.3. The topological polar surface area (TPSA) is 194 Å². The molecule has 2 aliphatic heterocycles. The summed E-state index contributed by atoms with van der Waals surface area (Å²) in [6, 6.07) is 7.69. The highest BCUT2D eigenvalue weighted by molar-refractivity contribution is 5.89. The minimum absolute atomic E-state index is 0. The highest BCUT2D eigenvalue weighted by Crippen LogP contribution is 2.46. The van der Waals surface area contributed by atoms with Gasteiger partial charge in [-0.3, -0.25) is 0 Å². The lowest BCUT2D eigenvalue weighted by molar-refractivity contribution is 0.0899. The number of piperidine rings is 2. The van der Waals surface area contributed by atoms with Crippen molar-refractivity contribution in [1.82, 2.24) is 54.7 Å². The molecule has 9 atom stereocenters. The van der Waals surface area contributed by atoms with Crippen LogP contribution in [0.25, 0.3) is 33.1 Å². The van der Waals surface area contributed by atoms with E-state index in [-0.39, 0.29) is 24.6 Å². The molecule has 8 heterocycles. The van der Waals surface area contributed by atoms with Crippen LogP contribution in [0.5, 0.6) is 0 Å². The van der Waals surface area contributed by atoms with Gasteiger partial charge in [0.2, 0.25) is 0 Å². The third kappa shape index (κ3) is 9.82. The first-order valence-electron chi connectivity index (χ1n) is 24.9. The maximum absolute atomic E-state index is 11.8. The van der Waals surface area contributed by atoms with Gasteiger partial charge in [-0.2, -0.15) is 0 Å². The molecular formula is C50H69ClN14O4. The molecule has 2 amide bonds. The van der Waals surface area contributed by atoms with Crippen LogP contribution < -0.4 is 14.7 Å². The van der Waals surface area contributed by atoms with Gasteiger partial charge in [0.05, 0.1) is 30.4 Å². The largest absolute Gasteiger partial charge is 0.453 e. The Kier molecular flexibility index (Phi) is 14.6. The van der Waals surface area contributed by atoms with Crippen LogP contribution in [0.15, 0.2) is 55.8 Å². The molecule has 18 nitrogen and oxygen atoms in total. The highest BCUT2D eigenvalue weighted by Gasteiger charge is 2.43. The van der Waals surface area contributed by atoms with E-state index in [0.29, 0.717) is 41.8 Å². The quantitative estimate of drug-likeness (QED) is 0.144. The molecule has 69 heavy (non-hydrogen) atoms. The second kappa shape index (κ2) is 21.0. The first-order chi connectivity index (χ1) is 33.2. The number of amides is 2. The van der Waals surface area contributed by atoms with Gasteiger partial charge in [-0.15, -0.1) is 12.4 Å². The number of fused-ring (bicyclic) bond motifs is 6. The van der Waals surface area contributed by atoms with Crippen LogP contribution in [-0.4, -0.2) is 147 Å². The minimum atomic E-state index is -0.199. The van der Waals surface area contributed by atoms with Crippen molar-refractivity contribution in [2.24, 2.45) is 35.5 Å². The summed E-state index contributed by atoms with van der Waals surface area (Å²) in [5.74, 6) is 7.43. The van der Waals surface area contributed by atoms with Crippen molar-refractivity contribution in [2.75, 3.05) is 76.2 Å². The van der Waals surface area contributed by atoms with Crippen molar-refractivity contribution in [3.05, 3.63) is 55.8 Å². The maximum atomic E-state index is 11.8. The number of ether oxygens (including phenoxy) is 2. The summed E-state index contributed by atoms with van der Waals surface area (Å²) >= 11 is 0. The molecule has 370 valence electrons. The Hall–Kier alpha value is -5.91. The molecule has 3 N–H and O–H groups in total. The first-order valence-corrected chi connectivity index (χ1v) is 24.9. The van der Waals surface area contributed by atoms with Gasteiger partial charge in [-0.25, -0.2) is 39.5 Å². The van der Waals surface area contributed by atoms with Gasteiger partial charge in [-0.05, 0) is 105 Å². The minimum Gasteiger partial charge on any atom is -0.453 e. The van der Waals surface area contributed by atoms with Crippen LogP contribution >= 0.6 is 12.4 Å². The molecule has 0 spiro atoms. The number of carbonyl (C=O) groups excluding carboxylic acids is 2. The lowest BCUT2D eigenvalue weighted by atomic mass is 9.82. The van der Waals surface area contributed by atoms with Crippen molar-refractivity contribution < 1.29 is 19.1 Å². The number of hydrogen-bond acceptors (Lipinski definition) is 13. The average molecular weight is 966 g/mol. The van der Waals surface area contributed by atoms with Gasteiger partial charge in [0, 0.05) is 84.0 Å². The van der Waals surface area contributed by atoms with E-state index in [4.69, 9.17) is 9.47 Å². The first kappa shape index (κ1) is 48.1. The van der Waals surface area contributed by atoms with Gasteiger partial charge in [0.1, 0.15) is 53.4 Å². The Morgan fingerprint density at radius 1 is 0.507 bits per heavy atom. The molecule has 6 fully saturated rings. The summed E-state index contributed by atoms with van der Waals surface area (Å²) in [6.45, 7) is 3.23. The van der Waals surface area contributed by atoms with E-state index in [9.17, 15) is 9.59 Å². The summed E-state index contributed by atoms with van der Waals surface area (Å²) in [5, 5.41) is 3.27. The number of hydrogen-bond donors (Lipinski definition) is 3. The van der Waals surface area contributed by atoms with E-state index in [1.165, 1.54) is 52.7 Å². The number of H-pyrrole nitrogens is 3. The Morgan fingerprint density at radius 2 is 0.826 bits per heavy atom. The highest BCUT2D eigenvalue weighted by atomic mass is 35.5. The Bertz CT molecular complexity index is 2540. The standard InChI is InChI=1S/2C17H23N5O2.C16H22N4.ClH/c2*1-21(16-14-3-5-18-15(14)19-10-20-16)13-7-11-4-6-22(17(23)24-2)9-12(11)8-13;1-20(13-8-11-4-2-3-5-12(11)9-13)16-14-6-7-17-15(14)18-10-19-16;/h2*3,5,10-13H,4,6-9H2,1-2H3,(H,18,19,20);6-7,10-13H,2-5,8-9H2,1H3,(H,17,18,19);1H/t2*11-,12-,13?;11-,12+,13?;/m00../s1. The van der Waals surface area contributed by atoms with Crippen molar-refractivity contribution in [3.8, 4) is 0 Å². The van der Waals surface area contributed by atoms with Crippen LogP contribution in [-0.2, 0) is 9.47 Å². The van der Waals surface area contributed by atoms with Crippen LogP contribution in [0.3, 0.4) is 0 Å². The summed E-state index contributed by atoms with van der Waals surface area (Å²) in [6.07, 6.45) is 25.3. The lowest BCUT2D eigenvalue weighted by Crippen LogP contribution is -2.42. The second-order valence-electron chi connectivity index (χ2n) is 20.3. The molecule has 0 aromatic carbocycles. The summed E-state index contributed by atoms with van der Waals surface area (Å²) in [7, 11) is 9.36. The van der Waals surface area contributed by atoms with Gasteiger partial charge in [0.25, 0.3) is 0 Å². The number of likely N-dealkylation sites (tertiary alicyclic amines) is 2. The molecule has 4 aliphatic carbocycles. The van der Waals surface area contributed by atoms with Crippen molar-refractivity contribution in [3.63, 3.8) is 0 Å². The molecular weight excluding hydrogens is 896 g/mol. The molecule has 6 aliphatic rings.